The molecule has 0 saturated heterocycles. The van der Waals surface area contributed by atoms with Crippen molar-refractivity contribution in [1.29, 1.82) is 0 Å². The average Bonchev–Trinajstić information content (AvgIpc) is 2.86. The summed E-state index contributed by atoms with van der Waals surface area (Å²) in [6, 6.07) is 6.55. The van der Waals surface area contributed by atoms with Gasteiger partial charge >= 0.3 is 0 Å². The van der Waals surface area contributed by atoms with Crippen LogP contribution >= 0.6 is 0 Å². The minimum atomic E-state index is -3.17. The number of aromatic nitrogens is 2. The molecule has 114 valence electrons. The first kappa shape index (κ1) is 15.7. The van der Waals surface area contributed by atoms with Crippen molar-refractivity contribution in [3.05, 3.63) is 48.0 Å². The number of hydrogen-bond donors (Lipinski definition) is 1. The summed E-state index contributed by atoms with van der Waals surface area (Å²) in [5.74, 6) is 0.955. The fraction of sp³-hybridized carbons (Fsp3) is 0.400. The normalized spacial score (nSPS) is 13.3. The van der Waals surface area contributed by atoms with E-state index in [1.54, 1.807) is 30.5 Å². The Hall–Kier alpha value is -1.66. The molecule has 2 aromatic rings. The van der Waals surface area contributed by atoms with E-state index in [0.717, 1.165) is 24.4 Å². The molecule has 21 heavy (non-hydrogen) atoms. The molecule has 1 heterocycles. The number of hydrogen-bond acceptors (Lipinski definition) is 4. The number of imidazole rings is 1. The van der Waals surface area contributed by atoms with E-state index >= 15 is 0 Å². The third-order valence-corrected chi connectivity index (χ3v) is 4.53. The van der Waals surface area contributed by atoms with Crippen molar-refractivity contribution in [2.45, 2.75) is 37.2 Å². The van der Waals surface area contributed by atoms with Crippen LogP contribution in [-0.2, 0) is 22.8 Å². The van der Waals surface area contributed by atoms with Gasteiger partial charge < -0.3 is 10.3 Å². The van der Waals surface area contributed by atoms with Gasteiger partial charge in [0.15, 0.2) is 9.84 Å². The summed E-state index contributed by atoms with van der Waals surface area (Å²) in [5.41, 5.74) is 7.12. The van der Waals surface area contributed by atoms with Crippen LogP contribution in [0.1, 0.15) is 30.8 Å². The molecule has 0 aliphatic heterocycles. The Morgan fingerprint density at radius 2 is 1.95 bits per heavy atom. The molecule has 0 spiro atoms. The molecule has 1 atom stereocenters. The summed E-state index contributed by atoms with van der Waals surface area (Å²) < 4.78 is 25.0. The van der Waals surface area contributed by atoms with Crippen LogP contribution in [0.25, 0.3) is 0 Å². The molecule has 0 radical (unpaired) electrons. The zero-order valence-electron chi connectivity index (χ0n) is 12.4. The van der Waals surface area contributed by atoms with Crippen molar-refractivity contribution >= 4 is 9.84 Å². The minimum absolute atomic E-state index is 0.198. The molecule has 2 N–H and O–H groups in total. The van der Waals surface area contributed by atoms with Crippen LogP contribution in [0.15, 0.2) is 41.6 Å². The summed E-state index contributed by atoms with van der Waals surface area (Å²) in [7, 11) is -3.17. The fourth-order valence-corrected chi connectivity index (χ4v) is 2.88. The van der Waals surface area contributed by atoms with Crippen molar-refractivity contribution in [2.75, 3.05) is 6.26 Å². The molecule has 0 bridgehead atoms. The lowest BCUT2D eigenvalue weighted by Gasteiger charge is -2.13. The molecule has 1 unspecified atom stereocenters. The monoisotopic (exact) mass is 307 g/mol. The van der Waals surface area contributed by atoms with Crippen molar-refractivity contribution < 1.29 is 8.42 Å². The van der Waals surface area contributed by atoms with Gasteiger partial charge in [-0.1, -0.05) is 19.1 Å². The molecule has 6 heteroatoms. The number of benzene rings is 1. The van der Waals surface area contributed by atoms with Gasteiger partial charge in [0.1, 0.15) is 5.82 Å². The standard InChI is InChI=1S/C15H21N3O2S/c1-3-9-18-10-8-17-15(18)11-14(16)12-4-6-13(7-5-12)21(2,19)20/h4-8,10,14H,3,9,11,16H2,1-2H3. The molecular formula is C15H21N3O2S. The molecular weight excluding hydrogens is 286 g/mol. The van der Waals surface area contributed by atoms with Gasteiger partial charge in [0.2, 0.25) is 0 Å². The maximum atomic E-state index is 11.4. The van der Waals surface area contributed by atoms with Crippen LogP contribution in [0, 0.1) is 0 Å². The van der Waals surface area contributed by atoms with E-state index in [4.69, 9.17) is 5.73 Å². The largest absolute Gasteiger partial charge is 0.335 e. The quantitative estimate of drug-likeness (QED) is 0.884. The van der Waals surface area contributed by atoms with E-state index in [1.807, 2.05) is 6.20 Å². The van der Waals surface area contributed by atoms with Gasteiger partial charge in [-0.25, -0.2) is 13.4 Å². The van der Waals surface area contributed by atoms with Crippen molar-refractivity contribution in [1.82, 2.24) is 9.55 Å². The van der Waals surface area contributed by atoms with E-state index < -0.39 is 9.84 Å². The number of nitrogens with zero attached hydrogens (tertiary/aromatic N) is 2. The van der Waals surface area contributed by atoms with E-state index in [-0.39, 0.29) is 6.04 Å². The number of aryl methyl sites for hydroxylation is 1. The second-order valence-electron chi connectivity index (χ2n) is 5.19. The predicted octanol–water partition coefficient (Wildman–Crippen LogP) is 1.94. The van der Waals surface area contributed by atoms with Gasteiger partial charge in [-0.15, -0.1) is 0 Å². The highest BCUT2D eigenvalue weighted by atomic mass is 32.2. The summed E-state index contributed by atoms with van der Waals surface area (Å²) >= 11 is 0. The Balaban J connectivity index is 2.13. The Kier molecular flexibility index (Phi) is 4.80. The molecule has 0 aliphatic rings. The molecule has 1 aromatic heterocycles. The van der Waals surface area contributed by atoms with E-state index in [9.17, 15) is 8.42 Å². The van der Waals surface area contributed by atoms with Crippen LogP contribution in [0.2, 0.25) is 0 Å². The van der Waals surface area contributed by atoms with Crippen molar-refractivity contribution in [3.8, 4) is 0 Å². The summed E-state index contributed by atoms with van der Waals surface area (Å²) in [5, 5.41) is 0. The van der Waals surface area contributed by atoms with Gasteiger partial charge in [-0.2, -0.15) is 0 Å². The maximum absolute atomic E-state index is 11.4. The highest BCUT2D eigenvalue weighted by Gasteiger charge is 2.13. The minimum Gasteiger partial charge on any atom is -0.335 e. The maximum Gasteiger partial charge on any atom is 0.175 e. The van der Waals surface area contributed by atoms with E-state index in [1.165, 1.54) is 6.26 Å². The number of nitrogens with two attached hydrogens (primary N) is 1. The van der Waals surface area contributed by atoms with Crippen LogP contribution in [0.3, 0.4) is 0 Å². The van der Waals surface area contributed by atoms with Gasteiger partial charge in [-0.05, 0) is 24.1 Å². The molecule has 1 aromatic carbocycles. The second kappa shape index (κ2) is 6.41. The van der Waals surface area contributed by atoms with Gasteiger partial charge in [0.25, 0.3) is 0 Å². The second-order valence-corrected chi connectivity index (χ2v) is 7.20. The zero-order chi connectivity index (χ0) is 15.5. The van der Waals surface area contributed by atoms with Gasteiger partial charge in [-0.3, -0.25) is 0 Å². The van der Waals surface area contributed by atoms with Crippen LogP contribution in [0.4, 0.5) is 0 Å². The van der Waals surface area contributed by atoms with Crippen molar-refractivity contribution in [3.63, 3.8) is 0 Å². The molecule has 2 rings (SSSR count). The summed E-state index contributed by atoms with van der Waals surface area (Å²) in [6.45, 7) is 3.04. The third kappa shape index (κ3) is 3.92. The lowest BCUT2D eigenvalue weighted by atomic mass is 10.0. The van der Waals surface area contributed by atoms with Gasteiger partial charge in [0, 0.05) is 37.7 Å². The Morgan fingerprint density at radius 1 is 1.29 bits per heavy atom. The first-order chi connectivity index (χ1) is 9.91. The summed E-state index contributed by atoms with van der Waals surface area (Å²) in [6.07, 6.45) is 6.61. The molecule has 0 aliphatic carbocycles. The zero-order valence-corrected chi connectivity index (χ0v) is 13.2. The molecule has 0 amide bonds. The van der Waals surface area contributed by atoms with Crippen molar-refractivity contribution in [2.24, 2.45) is 5.73 Å². The lowest BCUT2D eigenvalue weighted by molar-refractivity contribution is 0.597. The SMILES string of the molecule is CCCn1ccnc1CC(N)c1ccc(S(C)(=O)=O)cc1. The van der Waals surface area contributed by atoms with Gasteiger partial charge in [0.05, 0.1) is 4.90 Å². The van der Waals surface area contributed by atoms with E-state index in [2.05, 4.69) is 16.5 Å². The lowest BCUT2D eigenvalue weighted by Crippen LogP contribution is -2.16. The highest BCUT2D eigenvalue weighted by molar-refractivity contribution is 7.90. The fourth-order valence-electron chi connectivity index (χ4n) is 2.25. The number of rotatable bonds is 6. The molecule has 0 saturated carbocycles. The smallest absolute Gasteiger partial charge is 0.175 e. The topological polar surface area (TPSA) is 78.0 Å². The highest BCUT2D eigenvalue weighted by Crippen LogP contribution is 2.18. The molecule has 0 fully saturated rings. The Morgan fingerprint density at radius 3 is 2.52 bits per heavy atom. The van der Waals surface area contributed by atoms with Crippen LogP contribution in [0.5, 0.6) is 0 Å². The third-order valence-electron chi connectivity index (χ3n) is 3.41. The predicted molar refractivity (Wildman–Crippen MR) is 82.7 cm³/mol. The number of sulfone groups is 1. The Labute approximate surface area is 125 Å². The first-order valence-corrected chi connectivity index (χ1v) is 8.86. The Bertz CT molecular complexity index is 690. The van der Waals surface area contributed by atoms with Crippen LogP contribution in [-0.4, -0.2) is 24.2 Å². The average molecular weight is 307 g/mol. The van der Waals surface area contributed by atoms with E-state index in [0.29, 0.717) is 11.3 Å². The molecule has 5 nitrogen and oxygen atoms in total. The summed E-state index contributed by atoms with van der Waals surface area (Å²) in [4.78, 5) is 4.66. The van der Waals surface area contributed by atoms with Crippen LogP contribution < -0.4 is 5.73 Å². The first-order valence-electron chi connectivity index (χ1n) is 6.97.